The van der Waals surface area contributed by atoms with Crippen LogP contribution in [-0.4, -0.2) is 18.4 Å². The van der Waals surface area contributed by atoms with E-state index in [-0.39, 0.29) is 4.21 Å². The maximum atomic E-state index is 12.2. The highest BCUT2D eigenvalue weighted by Gasteiger charge is 2.16. The van der Waals surface area contributed by atoms with Crippen LogP contribution in [0.4, 0.5) is 11.5 Å². The number of nitrogens with zero attached hydrogens (tertiary/aromatic N) is 2. The molecule has 0 unspecified atom stereocenters. The van der Waals surface area contributed by atoms with Crippen molar-refractivity contribution in [1.82, 2.24) is 9.97 Å². The molecular weight excluding hydrogens is 368 g/mol. The minimum absolute atomic E-state index is 0.157. The van der Waals surface area contributed by atoms with Crippen LogP contribution in [0.15, 0.2) is 59.1 Å². The average molecular weight is 381 g/mol. The van der Waals surface area contributed by atoms with Crippen LogP contribution in [0.1, 0.15) is 5.69 Å². The highest BCUT2D eigenvalue weighted by Crippen LogP contribution is 2.27. The van der Waals surface area contributed by atoms with Gasteiger partial charge in [-0.2, -0.15) is 0 Å². The lowest BCUT2D eigenvalue weighted by Gasteiger charge is -2.08. The summed E-state index contributed by atoms with van der Waals surface area (Å²) in [5, 5.41) is 3.12. The summed E-state index contributed by atoms with van der Waals surface area (Å²) in [5.74, 6) is 0.628. The smallest absolute Gasteiger partial charge is 0.271 e. The number of pyridine rings is 2. The largest absolute Gasteiger partial charge is 0.364 e. The monoisotopic (exact) mass is 380 g/mol. The van der Waals surface area contributed by atoms with Gasteiger partial charge in [-0.05, 0) is 36.4 Å². The Morgan fingerprint density at radius 1 is 1.08 bits per heavy atom. The highest BCUT2D eigenvalue weighted by atomic mass is 35.5. The third kappa shape index (κ3) is 4.22. The fraction of sp³-hybridized carbons (Fsp3) is 0.0667. The number of aromatic nitrogens is 2. The van der Waals surface area contributed by atoms with Gasteiger partial charge in [-0.25, -0.2) is 13.4 Å². The molecule has 0 aromatic carbocycles. The van der Waals surface area contributed by atoms with E-state index in [1.54, 1.807) is 24.4 Å². The normalized spacial score (nSPS) is 11.2. The molecule has 3 aromatic heterocycles. The molecule has 6 nitrogen and oxygen atoms in total. The predicted octanol–water partition coefficient (Wildman–Crippen LogP) is 3.60. The van der Waals surface area contributed by atoms with Crippen molar-refractivity contribution in [2.24, 2.45) is 0 Å². The van der Waals surface area contributed by atoms with E-state index in [1.807, 2.05) is 18.2 Å². The minimum Gasteiger partial charge on any atom is -0.364 e. The lowest BCUT2D eigenvalue weighted by Crippen LogP contribution is -2.11. The number of sulfonamides is 1. The molecule has 3 aromatic rings. The van der Waals surface area contributed by atoms with Gasteiger partial charge in [-0.15, -0.1) is 11.3 Å². The van der Waals surface area contributed by atoms with E-state index in [9.17, 15) is 8.42 Å². The van der Waals surface area contributed by atoms with Crippen molar-refractivity contribution in [2.45, 2.75) is 10.8 Å². The fourth-order valence-electron chi connectivity index (χ4n) is 1.89. The Morgan fingerprint density at radius 2 is 1.96 bits per heavy atom. The van der Waals surface area contributed by atoms with Gasteiger partial charge in [0.05, 0.1) is 28.5 Å². The molecule has 0 saturated heterocycles. The van der Waals surface area contributed by atoms with Gasteiger partial charge in [0.25, 0.3) is 10.0 Å². The van der Waals surface area contributed by atoms with E-state index < -0.39 is 10.0 Å². The summed E-state index contributed by atoms with van der Waals surface area (Å²) in [6, 6.07) is 12.0. The van der Waals surface area contributed by atoms with Crippen molar-refractivity contribution in [1.29, 1.82) is 0 Å². The lowest BCUT2D eigenvalue weighted by atomic mass is 10.3. The third-order valence-corrected chi connectivity index (χ3v) is 6.11. The second-order valence-corrected chi connectivity index (χ2v) is 8.40. The first-order chi connectivity index (χ1) is 11.5. The number of rotatable bonds is 6. The molecule has 0 spiro atoms. The van der Waals surface area contributed by atoms with Crippen LogP contribution in [0.3, 0.4) is 0 Å². The second kappa shape index (κ2) is 7.16. The topological polar surface area (TPSA) is 84.0 Å². The van der Waals surface area contributed by atoms with Crippen molar-refractivity contribution in [3.63, 3.8) is 0 Å². The van der Waals surface area contributed by atoms with Crippen LogP contribution < -0.4 is 10.0 Å². The Bertz CT molecular complexity index is 912. The molecule has 0 amide bonds. The summed E-state index contributed by atoms with van der Waals surface area (Å²) in [6.07, 6.45) is 3.17. The van der Waals surface area contributed by atoms with Crippen LogP contribution in [0.25, 0.3) is 0 Å². The summed E-state index contributed by atoms with van der Waals surface area (Å²) in [7, 11) is -3.65. The van der Waals surface area contributed by atoms with Crippen LogP contribution in [0, 0.1) is 0 Å². The molecule has 0 aliphatic rings. The van der Waals surface area contributed by atoms with Crippen LogP contribution >= 0.6 is 22.9 Å². The van der Waals surface area contributed by atoms with E-state index in [2.05, 4.69) is 20.0 Å². The summed E-state index contributed by atoms with van der Waals surface area (Å²) in [4.78, 5) is 8.39. The Labute approximate surface area is 148 Å². The summed E-state index contributed by atoms with van der Waals surface area (Å²) < 4.78 is 27.4. The van der Waals surface area contributed by atoms with Crippen molar-refractivity contribution in [3.8, 4) is 0 Å². The van der Waals surface area contributed by atoms with Gasteiger partial charge in [0.1, 0.15) is 10.0 Å². The number of thiophene rings is 1. The maximum Gasteiger partial charge on any atom is 0.271 e. The zero-order valence-electron chi connectivity index (χ0n) is 12.3. The molecule has 3 heterocycles. The zero-order valence-corrected chi connectivity index (χ0v) is 14.7. The van der Waals surface area contributed by atoms with Crippen molar-refractivity contribution < 1.29 is 8.42 Å². The number of nitrogens with one attached hydrogen (secondary N) is 2. The van der Waals surface area contributed by atoms with Crippen LogP contribution in [0.5, 0.6) is 0 Å². The van der Waals surface area contributed by atoms with Crippen molar-refractivity contribution in [2.75, 3.05) is 10.0 Å². The molecule has 9 heteroatoms. The van der Waals surface area contributed by atoms with Gasteiger partial charge in [0.2, 0.25) is 0 Å². The van der Waals surface area contributed by atoms with E-state index in [1.165, 1.54) is 12.3 Å². The van der Waals surface area contributed by atoms with Crippen molar-refractivity contribution >= 4 is 44.5 Å². The Balaban J connectivity index is 1.64. The van der Waals surface area contributed by atoms with Crippen LogP contribution in [-0.2, 0) is 16.6 Å². The number of hydrogen-bond acceptors (Lipinski definition) is 6. The number of hydrogen-bond donors (Lipinski definition) is 2. The molecule has 0 saturated carbocycles. The highest BCUT2D eigenvalue weighted by molar-refractivity contribution is 7.94. The molecular formula is C15H13ClN4O2S2. The Kier molecular flexibility index (Phi) is 4.98. The lowest BCUT2D eigenvalue weighted by molar-refractivity contribution is 0.603. The molecule has 124 valence electrons. The summed E-state index contributed by atoms with van der Waals surface area (Å²) in [6.45, 7) is 0.534. The number of anilines is 2. The molecule has 0 radical (unpaired) electrons. The van der Waals surface area contributed by atoms with Crippen LogP contribution in [0.2, 0.25) is 4.34 Å². The zero-order chi connectivity index (χ0) is 17.0. The van der Waals surface area contributed by atoms with Gasteiger partial charge in [-0.3, -0.25) is 9.71 Å². The molecule has 3 rings (SSSR count). The second-order valence-electron chi connectivity index (χ2n) is 4.77. The molecule has 0 atom stereocenters. The first-order valence-corrected chi connectivity index (χ1v) is 9.59. The predicted molar refractivity (Wildman–Crippen MR) is 95.9 cm³/mol. The molecule has 0 bridgehead atoms. The number of halogens is 1. The summed E-state index contributed by atoms with van der Waals surface area (Å²) in [5.41, 5.74) is 1.27. The molecule has 24 heavy (non-hydrogen) atoms. The van der Waals surface area contributed by atoms with Gasteiger partial charge in [0, 0.05) is 6.20 Å². The SMILES string of the molecule is O=S(=O)(Nc1ccc(NCc2ccccn2)nc1)c1ccc(Cl)s1. The maximum absolute atomic E-state index is 12.2. The fourth-order valence-corrected chi connectivity index (χ4v) is 4.42. The van der Waals surface area contributed by atoms with Gasteiger partial charge >= 0.3 is 0 Å². The Morgan fingerprint density at radius 3 is 2.58 bits per heavy atom. The first-order valence-electron chi connectivity index (χ1n) is 6.91. The molecule has 0 fully saturated rings. The van der Waals surface area contributed by atoms with E-state index >= 15 is 0 Å². The first kappa shape index (κ1) is 16.7. The van der Waals surface area contributed by atoms with E-state index in [0.717, 1.165) is 17.0 Å². The quantitative estimate of drug-likeness (QED) is 0.682. The Hall–Kier alpha value is -2.16. The van der Waals surface area contributed by atoms with E-state index in [4.69, 9.17) is 11.6 Å². The minimum atomic E-state index is -3.65. The average Bonchev–Trinajstić information content (AvgIpc) is 3.02. The molecule has 0 aliphatic carbocycles. The van der Waals surface area contributed by atoms with Gasteiger partial charge in [-0.1, -0.05) is 17.7 Å². The molecule has 0 aliphatic heterocycles. The van der Waals surface area contributed by atoms with E-state index in [0.29, 0.717) is 22.4 Å². The van der Waals surface area contributed by atoms with Crippen molar-refractivity contribution in [3.05, 3.63) is 64.9 Å². The molecule has 2 N–H and O–H groups in total. The van der Waals surface area contributed by atoms with Gasteiger partial charge < -0.3 is 5.32 Å². The third-order valence-electron chi connectivity index (χ3n) is 3.01. The summed E-state index contributed by atoms with van der Waals surface area (Å²) >= 11 is 6.77. The standard InChI is InChI=1S/C15H13ClN4O2S2/c16-13-5-7-15(23-13)24(21,22)20-12-4-6-14(19-10-12)18-9-11-3-1-2-8-17-11/h1-8,10,20H,9H2,(H,18,19). The van der Waals surface area contributed by atoms with Gasteiger partial charge in [0.15, 0.2) is 0 Å².